The van der Waals surface area contributed by atoms with Gasteiger partial charge in [-0.1, -0.05) is 19.9 Å². The molecule has 0 atom stereocenters. The lowest BCUT2D eigenvalue weighted by Crippen LogP contribution is -2.27. The van der Waals surface area contributed by atoms with Crippen molar-refractivity contribution >= 4 is 51.5 Å². The summed E-state index contributed by atoms with van der Waals surface area (Å²) in [5.74, 6) is 0.0556. The Balaban J connectivity index is 2.00. The number of thiophene rings is 1. The number of carbonyl (C=O) groups is 3. The first-order valence-electron chi connectivity index (χ1n) is 9.87. The monoisotopic (exact) mass is 426 g/mol. The molecule has 3 amide bonds. The fourth-order valence-corrected chi connectivity index (χ4v) is 3.80. The van der Waals surface area contributed by atoms with Gasteiger partial charge in [-0.3, -0.25) is 14.4 Å². The van der Waals surface area contributed by atoms with E-state index < -0.39 is 0 Å². The average molecular weight is 427 g/mol. The fraction of sp³-hybridized carbons (Fsp3) is 0.318. The van der Waals surface area contributed by atoms with Crippen LogP contribution >= 0.6 is 11.3 Å². The molecule has 3 rings (SSSR count). The molecule has 2 aromatic heterocycles. The molecule has 3 aromatic rings. The lowest BCUT2D eigenvalue weighted by Gasteiger charge is -2.18. The molecule has 0 saturated heterocycles. The van der Waals surface area contributed by atoms with Gasteiger partial charge in [-0.05, 0) is 42.5 Å². The van der Waals surface area contributed by atoms with Crippen molar-refractivity contribution in [3.05, 3.63) is 46.2 Å². The normalized spacial score (nSPS) is 11.0. The molecule has 7 nitrogen and oxygen atoms in total. The van der Waals surface area contributed by atoms with Crippen LogP contribution in [0, 0.1) is 5.92 Å². The minimum atomic E-state index is -0.286. The van der Waals surface area contributed by atoms with E-state index in [1.165, 1.54) is 11.3 Å². The van der Waals surface area contributed by atoms with Gasteiger partial charge in [0.15, 0.2) is 0 Å². The van der Waals surface area contributed by atoms with Crippen molar-refractivity contribution in [1.29, 1.82) is 0 Å². The number of nitrogens with zero attached hydrogens (tertiary/aromatic N) is 1. The molecule has 0 radical (unpaired) electrons. The first-order chi connectivity index (χ1) is 14.3. The van der Waals surface area contributed by atoms with Gasteiger partial charge in [-0.15, -0.1) is 11.3 Å². The standard InChI is InChI=1S/C22H26N4O3S/c1-5-23-22(29)19-15-9-8-14(26(4)18(27)11-13(2)3)12-16(15)24-20(19)25-21(28)17-7-6-10-30-17/h6-10,12-13,24H,5,11H2,1-4H3,(H,23,29)(H,25,28). The highest BCUT2D eigenvalue weighted by Crippen LogP contribution is 2.30. The molecule has 8 heteroatoms. The molecular formula is C22H26N4O3S. The third-order valence-electron chi connectivity index (χ3n) is 4.67. The number of rotatable bonds is 7. The Morgan fingerprint density at radius 2 is 1.93 bits per heavy atom. The van der Waals surface area contributed by atoms with E-state index in [-0.39, 0.29) is 23.6 Å². The number of hydrogen-bond donors (Lipinski definition) is 3. The van der Waals surface area contributed by atoms with E-state index in [9.17, 15) is 14.4 Å². The van der Waals surface area contributed by atoms with Crippen molar-refractivity contribution in [1.82, 2.24) is 10.3 Å². The van der Waals surface area contributed by atoms with Gasteiger partial charge in [0.05, 0.1) is 10.4 Å². The van der Waals surface area contributed by atoms with Crippen molar-refractivity contribution < 1.29 is 14.4 Å². The minimum Gasteiger partial charge on any atom is -0.352 e. The van der Waals surface area contributed by atoms with Crippen LogP contribution in [0.3, 0.4) is 0 Å². The van der Waals surface area contributed by atoms with E-state index in [0.29, 0.717) is 45.8 Å². The molecule has 158 valence electrons. The number of aromatic nitrogens is 1. The molecule has 0 fully saturated rings. The second-order valence-corrected chi connectivity index (χ2v) is 8.39. The van der Waals surface area contributed by atoms with Gasteiger partial charge in [0.25, 0.3) is 11.8 Å². The van der Waals surface area contributed by atoms with Gasteiger partial charge in [-0.2, -0.15) is 0 Å². The molecule has 0 aliphatic carbocycles. The van der Waals surface area contributed by atoms with Crippen molar-refractivity contribution in [3.63, 3.8) is 0 Å². The Kier molecular flexibility index (Phi) is 6.56. The van der Waals surface area contributed by atoms with Crippen molar-refractivity contribution in [3.8, 4) is 0 Å². The number of fused-ring (bicyclic) bond motifs is 1. The number of benzene rings is 1. The number of hydrogen-bond acceptors (Lipinski definition) is 4. The number of H-pyrrole nitrogens is 1. The zero-order valence-corrected chi connectivity index (χ0v) is 18.4. The average Bonchev–Trinajstić information content (AvgIpc) is 3.34. The Labute approximate surface area is 179 Å². The lowest BCUT2D eigenvalue weighted by atomic mass is 10.1. The molecule has 30 heavy (non-hydrogen) atoms. The Morgan fingerprint density at radius 3 is 2.57 bits per heavy atom. The SMILES string of the molecule is CCNC(=O)c1c(NC(=O)c2cccs2)[nH]c2cc(N(C)C(=O)CC(C)C)ccc12. The van der Waals surface area contributed by atoms with Crippen LogP contribution in [0.2, 0.25) is 0 Å². The van der Waals surface area contributed by atoms with Gasteiger partial charge in [0.1, 0.15) is 5.82 Å². The van der Waals surface area contributed by atoms with Crippen LogP contribution in [0.1, 0.15) is 47.2 Å². The number of amides is 3. The maximum atomic E-state index is 12.7. The smallest absolute Gasteiger partial charge is 0.266 e. The summed E-state index contributed by atoms with van der Waals surface area (Å²) in [6.45, 7) is 6.31. The van der Waals surface area contributed by atoms with Crippen LogP contribution < -0.4 is 15.5 Å². The van der Waals surface area contributed by atoms with Crippen LogP contribution in [0.25, 0.3) is 10.9 Å². The van der Waals surface area contributed by atoms with Crippen molar-refractivity contribution in [2.24, 2.45) is 5.92 Å². The molecule has 1 aromatic carbocycles. The molecule has 2 heterocycles. The van der Waals surface area contributed by atoms with Gasteiger partial charge in [0.2, 0.25) is 5.91 Å². The number of nitrogens with one attached hydrogen (secondary N) is 3. The molecular weight excluding hydrogens is 400 g/mol. The van der Waals surface area contributed by atoms with E-state index in [2.05, 4.69) is 15.6 Å². The Morgan fingerprint density at radius 1 is 1.17 bits per heavy atom. The minimum absolute atomic E-state index is 0.0195. The topological polar surface area (TPSA) is 94.3 Å². The Hall–Kier alpha value is -3.13. The van der Waals surface area contributed by atoms with Gasteiger partial charge in [0, 0.05) is 36.6 Å². The van der Waals surface area contributed by atoms with Crippen molar-refractivity contribution in [2.75, 3.05) is 23.8 Å². The summed E-state index contributed by atoms with van der Waals surface area (Å²) >= 11 is 1.33. The van der Waals surface area contributed by atoms with E-state index in [0.717, 1.165) is 0 Å². The van der Waals surface area contributed by atoms with E-state index >= 15 is 0 Å². The van der Waals surface area contributed by atoms with E-state index in [4.69, 9.17) is 0 Å². The predicted molar refractivity (Wildman–Crippen MR) is 121 cm³/mol. The fourth-order valence-electron chi connectivity index (χ4n) is 3.19. The third kappa shape index (κ3) is 4.54. The molecule has 0 spiro atoms. The van der Waals surface area contributed by atoms with Crippen molar-refractivity contribution in [2.45, 2.75) is 27.2 Å². The van der Waals surface area contributed by atoms with Gasteiger partial charge >= 0.3 is 0 Å². The summed E-state index contributed by atoms with van der Waals surface area (Å²) in [6.07, 6.45) is 0.450. The largest absolute Gasteiger partial charge is 0.352 e. The van der Waals surface area contributed by atoms with Crippen LogP contribution in [0.4, 0.5) is 11.5 Å². The molecule has 3 N–H and O–H groups in total. The summed E-state index contributed by atoms with van der Waals surface area (Å²) in [5.41, 5.74) is 1.76. The van der Waals surface area contributed by atoms with Crippen LogP contribution in [0.15, 0.2) is 35.7 Å². The summed E-state index contributed by atoms with van der Waals surface area (Å²) in [6, 6.07) is 8.94. The molecule has 0 saturated carbocycles. The number of aromatic amines is 1. The first kappa shape index (κ1) is 21.6. The second kappa shape index (κ2) is 9.13. The number of carbonyl (C=O) groups excluding carboxylic acids is 3. The Bertz CT molecular complexity index is 1070. The first-order valence-corrected chi connectivity index (χ1v) is 10.7. The highest BCUT2D eigenvalue weighted by Gasteiger charge is 2.22. The molecule has 0 bridgehead atoms. The summed E-state index contributed by atoms with van der Waals surface area (Å²) < 4.78 is 0. The molecule has 0 aliphatic heterocycles. The van der Waals surface area contributed by atoms with Crippen LogP contribution in [-0.4, -0.2) is 36.3 Å². The highest BCUT2D eigenvalue weighted by molar-refractivity contribution is 7.12. The quantitative estimate of drug-likeness (QED) is 0.527. The zero-order chi connectivity index (χ0) is 21.8. The number of anilines is 2. The van der Waals surface area contributed by atoms with Crippen LogP contribution in [0.5, 0.6) is 0 Å². The lowest BCUT2D eigenvalue weighted by molar-refractivity contribution is -0.119. The summed E-state index contributed by atoms with van der Waals surface area (Å²) in [4.78, 5) is 43.0. The molecule has 0 unspecified atom stereocenters. The maximum absolute atomic E-state index is 12.7. The van der Waals surface area contributed by atoms with E-state index in [1.807, 2.05) is 38.3 Å². The highest BCUT2D eigenvalue weighted by atomic mass is 32.1. The zero-order valence-electron chi connectivity index (χ0n) is 17.5. The van der Waals surface area contributed by atoms with Gasteiger partial charge in [-0.25, -0.2) is 0 Å². The van der Waals surface area contributed by atoms with Gasteiger partial charge < -0.3 is 20.5 Å². The summed E-state index contributed by atoms with van der Waals surface area (Å²) in [7, 11) is 1.74. The van der Waals surface area contributed by atoms with E-state index in [1.54, 1.807) is 30.1 Å². The third-order valence-corrected chi connectivity index (χ3v) is 5.54. The van der Waals surface area contributed by atoms with Crippen LogP contribution in [-0.2, 0) is 4.79 Å². The summed E-state index contributed by atoms with van der Waals surface area (Å²) in [5, 5.41) is 8.10. The second-order valence-electron chi connectivity index (χ2n) is 7.45. The maximum Gasteiger partial charge on any atom is 0.266 e. The molecule has 0 aliphatic rings. The predicted octanol–water partition coefficient (Wildman–Crippen LogP) is 4.24.